The molecule has 0 saturated carbocycles. The largest absolute Gasteiger partial charge is 0.411 e. The van der Waals surface area contributed by atoms with Gasteiger partial charge in [0, 0.05) is 0 Å². The molecule has 0 aliphatic rings. The van der Waals surface area contributed by atoms with Gasteiger partial charge in [0.15, 0.2) is 0 Å². The van der Waals surface area contributed by atoms with E-state index in [2.05, 4.69) is 10.1 Å². The molecule has 0 radical (unpaired) electrons. The Morgan fingerprint density at radius 2 is 2.58 bits per heavy atom. The third-order valence-corrected chi connectivity index (χ3v) is 1.36. The number of aromatic nitrogens is 2. The van der Waals surface area contributed by atoms with E-state index in [1.54, 1.807) is 0 Å². The van der Waals surface area contributed by atoms with E-state index in [4.69, 9.17) is 5.21 Å². The normalized spacial score (nSPS) is 10.8. The fourth-order valence-corrected chi connectivity index (χ4v) is 0.756. The van der Waals surface area contributed by atoms with Crippen LogP contribution in [0.3, 0.4) is 0 Å². The molecule has 0 aromatic carbocycles. The SMILES string of the molecule is Cn1c([N+](=O)[O-])cnc1/C=N\O. The molecule has 1 rings (SSSR count). The van der Waals surface area contributed by atoms with Gasteiger partial charge in [0.25, 0.3) is 0 Å². The number of hydrogen-bond acceptors (Lipinski definition) is 5. The molecule has 0 spiro atoms. The first-order valence-corrected chi connectivity index (χ1v) is 3.00. The van der Waals surface area contributed by atoms with Crippen molar-refractivity contribution >= 4 is 12.0 Å². The van der Waals surface area contributed by atoms with E-state index in [-0.39, 0.29) is 11.6 Å². The van der Waals surface area contributed by atoms with Gasteiger partial charge in [0.1, 0.15) is 12.4 Å². The molecule has 1 heterocycles. The van der Waals surface area contributed by atoms with E-state index in [1.807, 2.05) is 0 Å². The summed E-state index contributed by atoms with van der Waals surface area (Å²) in [5.74, 6) is 0.0779. The predicted molar refractivity (Wildman–Crippen MR) is 39.2 cm³/mol. The van der Waals surface area contributed by atoms with Crippen molar-refractivity contribution in [2.45, 2.75) is 0 Å². The van der Waals surface area contributed by atoms with Crippen LogP contribution in [0.15, 0.2) is 11.4 Å². The Labute approximate surface area is 67.1 Å². The van der Waals surface area contributed by atoms with E-state index in [9.17, 15) is 10.1 Å². The molecule has 1 aromatic heterocycles. The molecular formula is C5H6N4O3. The number of rotatable bonds is 2. The van der Waals surface area contributed by atoms with Crippen LogP contribution in [-0.2, 0) is 7.05 Å². The molecule has 0 atom stereocenters. The summed E-state index contributed by atoms with van der Waals surface area (Å²) in [5, 5.41) is 21.1. The molecular weight excluding hydrogens is 164 g/mol. The molecule has 7 heteroatoms. The van der Waals surface area contributed by atoms with Gasteiger partial charge in [-0.05, 0) is 4.92 Å². The Morgan fingerprint density at radius 3 is 3.00 bits per heavy atom. The van der Waals surface area contributed by atoms with E-state index in [0.717, 1.165) is 12.4 Å². The molecule has 0 amide bonds. The van der Waals surface area contributed by atoms with Crippen LogP contribution in [0.25, 0.3) is 0 Å². The Hall–Kier alpha value is -1.92. The summed E-state index contributed by atoms with van der Waals surface area (Å²) < 4.78 is 1.21. The lowest BCUT2D eigenvalue weighted by atomic mass is 10.6. The Bertz CT molecular complexity index is 329. The van der Waals surface area contributed by atoms with Gasteiger partial charge in [-0.15, -0.1) is 0 Å². The van der Waals surface area contributed by atoms with Gasteiger partial charge < -0.3 is 15.3 Å². The quantitative estimate of drug-likeness (QED) is 0.295. The Kier molecular flexibility index (Phi) is 2.04. The molecule has 0 aliphatic heterocycles. The summed E-state index contributed by atoms with van der Waals surface area (Å²) in [5.41, 5.74) is 0. The zero-order chi connectivity index (χ0) is 9.14. The fourth-order valence-electron chi connectivity index (χ4n) is 0.756. The van der Waals surface area contributed by atoms with E-state index < -0.39 is 4.92 Å². The van der Waals surface area contributed by atoms with Crippen LogP contribution in [-0.4, -0.2) is 25.9 Å². The second-order valence-corrected chi connectivity index (χ2v) is 2.04. The number of nitrogens with zero attached hydrogens (tertiary/aromatic N) is 4. The van der Waals surface area contributed by atoms with E-state index in [0.29, 0.717) is 0 Å². The Balaban J connectivity index is 3.12. The van der Waals surface area contributed by atoms with Gasteiger partial charge in [-0.3, -0.25) is 0 Å². The number of imidazole rings is 1. The van der Waals surface area contributed by atoms with Crippen LogP contribution < -0.4 is 0 Å². The zero-order valence-electron chi connectivity index (χ0n) is 6.21. The average molecular weight is 170 g/mol. The highest BCUT2D eigenvalue weighted by Crippen LogP contribution is 2.09. The second-order valence-electron chi connectivity index (χ2n) is 2.04. The molecule has 0 aliphatic carbocycles. The van der Waals surface area contributed by atoms with Crippen molar-refractivity contribution < 1.29 is 10.1 Å². The third kappa shape index (κ3) is 1.24. The molecule has 0 saturated heterocycles. The molecule has 7 nitrogen and oxygen atoms in total. The summed E-state index contributed by atoms with van der Waals surface area (Å²) >= 11 is 0. The standard InChI is InChI=1S/C5H6N4O3/c1-8-4(2-7-10)6-3-5(8)9(11)12/h2-3,10H,1H3/b7-2-. The highest BCUT2D eigenvalue weighted by atomic mass is 16.6. The minimum atomic E-state index is -0.568. The summed E-state index contributed by atoms with van der Waals surface area (Å²) in [7, 11) is 1.46. The van der Waals surface area contributed by atoms with Gasteiger partial charge in [0.2, 0.25) is 5.82 Å². The lowest BCUT2D eigenvalue weighted by Crippen LogP contribution is -2.00. The van der Waals surface area contributed by atoms with Crippen molar-refractivity contribution in [3.8, 4) is 0 Å². The summed E-state index contributed by atoms with van der Waals surface area (Å²) in [6.45, 7) is 0. The van der Waals surface area contributed by atoms with Crippen molar-refractivity contribution in [3.63, 3.8) is 0 Å². The topological polar surface area (TPSA) is 93.5 Å². The van der Waals surface area contributed by atoms with Crippen LogP contribution in [0, 0.1) is 10.1 Å². The lowest BCUT2D eigenvalue weighted by molar-refractivity contribution is -0.391. The van der Waals surface area contributed by atoms with Crippen molar-refractivity contribution in [2.24, 2.45) is 12.2 Å². The maximum atomic E-state index is 10.3. The first-order chi connectivity index (χ1) is 5.66. The first kappa shape index (κ1) is 8.18. The molecule has 0 unspecified atom stereocenters. The summed E-state index contributed by atoms with van der Waals surface area (Å²) in [4.78, 5) is 13.3. The average Bonchev–Trinajstić information content (AvgIpc) is 2.34. The third-order valence-electron chi connectivity index (χ3n) is 1.36. The van der Waals surface area contributed by atoms with Gasteiger partial charge in [-0.1, -0.05) is 5.16 Å². The fraction of sp³-hybridized carbons (Fsp3) is 0.200. The van der Waals surface area contributed by atoms with Crippen molar-refractivity contribution in [3.05, 3.63) is 22.1 Å². The number of hydrogen-bond donors (Lipinski definition) is 1. The second kappa shape index (κ2) is 2.99. The molecule has 1 N–H and O–H groups in total. The zero-order valence-corrected chi connectivity index (χ0v) is 6.21. The van der Waals surface area contributed by atoms with Crippen LogP contribution in [0.1, 0.15) is 5.82 Å². The number of nitro groups is 1. The van der Waals surface area contributed by atoms with Gasteiger partial charge in [-0.2, -0.15) is 0 Å². The molecule has 0 fully saturated rings. The summed E-state index contributed by atoms with van der Waals surface area (Å²) in [6, 6.07) is 0. The maximum absolute atomic E-state index is 10.3. The van der Waals surface area contributed by atoms with E-state index >= 15 is 0 Å². The van der Waals surface area contributed by atoms with Crippen molar-refractivity contribution in [1.29, 1.82) is 0 Å². The maximum Gasteiger partial charge on any atom is 0.342 e. The molecule has 12 heavy (non-hydrogen) atoms. The molecule has 1 aromatic rings. The van der Waals surface area contributed by atoms with Crippen molar-refractivity contribution in [1.82, 2.24) is 9.55 Å². The van der Waals surface area contributed by atoms with Crippen LogP contribution in [0.2, 0.25) is 0 Å². The molecule has 0 bridgehead atoms. The predicted octanol–water partition coefficient (Wildman–Crippen LogP) is 0.136. The highest BCUT2D eigenvalue weighted by Gasteiger charge is 2.14. The number of oxime groups is 1. The van der Waals surface area contributed by atoms with Crippen LogP contribution >= 0.6 is 0 Å². The van der Waals surface area contributed by atoms with Crippen molar-refractivity contribution in [2.75, 3.05) is 0 Å². The summed E-state index contributed by atoms with van der Waals surface area (Å²) in [6.07, 6.45) is 2.12. The van der Waals surface area contributed by atoms with Gasteiger partial charge >= 0.3 is 5.82 Å². The first-order valence-electron chi connectivity index (χ1n) is 3.00. The minimum Gasteiger partial charge on any atom is -0.411 e. The molecule has 64 valence electrons. The van der Waals surface area contributed by atoms with Crippen LogP contribution in [0.5, 0.6) is 0 Å². The van der Waals surface area contributed by atoms with E-state index in [1.165, 1.54) is 11.6 Å². The lowest BCUT2D eigenvalue weighted by Gasteiger charge is -1.92. The van der Waals surface area contributed by atoms with Gasteiger partial charge in [-0.25, -0.2) is 9.55 Å². The smallest absolute Gasteiger partial charge is 0.342 e. The highest BCUT2D eigenvalue weighted by molar-refractivity contribution is 5.74. The van der Waals surface area contributed by atoms with Gasteiger partial charge in [0.05, 0.1) is 7.05 Å². The Morgan fingerprint density at radius 1 is 1.92 bits per heavy atom. The monoisotopic (exact) mass is 170 g/mol. The van der Waals surface area contributed by atoms with Crippen LogP contribution in [0.4, 0.5) is 5.82 Å². The minimum absolute atomic E-state index is 0.148.